The fraction of sp³-hybridized carbons (Fsp3) is 0.692. The van der Waals surface area contributed by atoms with Crippen molar-refractivity contribution in [2.45, 2.75) is 51.9 Å². The molecule has 0 aliphatic rings. The van der Waals surface area contributed by atoms with E-state index < -0.39 is 0 Å². The first-order chi connectivity index (χ1) is 6.35. The van der Waals surface area contributed by atoms with Crippen LogP contribution in [0.2, 0.25) is 0 Å². The molecule has 0 aromatic heterocycles. The maximum absolute atomic E-state index is 3.75. The second kappa shape index (κ2) is 9.57. The van der Waals surface area contributed by atoms with Gasteiger partial charge in [-0.05, 0) is 31.6 Å². The summed E-state index contributed by atoms with van der Waals surface area (Å²) in [6.45, 7) is 9.79. The Morgan fingerprint density at radius 3 is 1.77 bits per heavy atom. The van der Waals surface area contributed by atoms with Crippen molar-refractivity contribution in [3.05, 3.63) is 25.3 Å². The first kappa shape index (κ1) is 12.5. The van der Waals surface area contributed by atoms with Crippen LogP contribution in [0.15, 0.2) is 25.3 Å². The molecule has 0 heteroatoms. The third-order valence-electron chi connectivity index (χ3n) is 2.62. The van der Waals surface area contributed by atoms with Crippen molar-refractivity contribution in [3.8, 4) is 0 Å². The lowest BCUT2D eigenvalue weighted by Crippen LogP contribution is -1.98. The highest BCUT2D eigenvalue weighted by Crippen LogP contribution is 2.19. The number of allylic oxidation sites excluding steroid dienone is 2. The molecule has 0 rings (SSSR count). The van der Waals surface area contributed by atoms with Gasteiger partial charge in [0.25, 0.3) is 0 Å². The normalized spacial score (nSPS) is 10.3. The minimum absolute atomic E-state index is 0.930. The lowest BCUT2D eigenvalue weighted by Gasteiger charge is -2.13. The van der Waals surface area contributed by atoms with Crippen LogP contribution in [0.4, 0.5) is 0 Å². The van der Waals surface area contributed by atoms with E-state index in [9.17, 15) is 0 Å². The van der Waals surface area contributed by atoms with Crippen LogP contribution >= 0.6 is 0 Å². The molecule has 0 saturated carbocycles. The van der Waals surface area contributed by atoms with E-state index in [4.69, 9.17) is 0 Å². The molecule has 0 saturated heterocycles. The highest BCUT2D eigenvalue weighted by molar-refractivity contribution is 4.70. The monoisotopic (exact) mass is 180 g/mol. The Kier molecular flexibility index (Phi) is 9.18. The number of hydrogen-bond acceptors (Lipinski definition) is 0. The summed E-state index contributed by atoms with van der Waals surface area (Å²) in [7, 11) is 0. The van der Waals surface area contributed by atoms with Crippen LogP contribution in [-0.4, -0.2) is 0 Å². The highest BCUT2D eigenvalue weighted by Gasteiger charge is 2.04. The first-order valence-corrected chi connectivity index (χ1v) is 5.56. The van der Waals surface area contributed by atoms with Gasteiger partial charge in [0, 0.05) is 0 Å². The summed E-state index contributed by atoms with van der Waals surface area (Å²) >= 11 is 0. The molecule has 76 valence electrons. The molecule has 0 aliphatic heterocycles. The Balaban J connectivity index is 3.38. The Morgan fingerprint density at radius 2 is 1.46 bits per heavy atom. The predicted octanol–water partition coefficient (Wildman–Crippen LogP) is 4.73. The molecular weight excluding hydrogens is 156 g/mol. The van der Waals surface area contributed by atoms with Crippen LogP contribution in [0.3, 0.4) is 0 Å². The molecule has 0 amide bonds. The van der Waals surface area contributed by atoms with E-state index in [1.807, 2.05) is 12.2 Å². The molecule has 0 aromatic rings. The fourth-order valence-electron chi connectivity index (χ4n) is 1.65. The third kappa shape index (κ3) is 7.83. The van der Waals surface area contributed by atoms with Crippen LogP contribution in [0, 0.1) is 5.92 Å². The molecule has 0 aliphatic carbocycles. The Bertz CT molecular complexity index is 110. The van der Waals surface area contributed by atoms with Crippen molar-refractivity contribution in [2.75, 3.05) is 0 Å². The van der Waals surface area contributed by atoms with E-state index in [2.05, 4.69) is 20.1 Å². The predicted molar refractivity (Wildman–Crippen MR) is 61.9 cm³/mol. The molecule has 0 spiro atoms. The maximum Gasteiger partial charge on any atom is -0.0353 e. The molecule has 0 atom stereocenters. The van der Waals surface area contributed by atoms with Gasteiger partial charge in [0.05, 0.1) is 0 Å². The van der Waals surface area contributed by atoms with Crippen molar-refractivity contribution >= 4 is 0 Å². The van der Waals surface area contributed by atoms with Crippen molar-refractivity contribution in [2.24, 2.45) is 5.92 Å². The van der Waals surface area contributed by atoms with Gasteiger partial charge < -0.3 is 0 Å². The van der Waals surface area contributed by atoms with Crippen LogP contribution in [0.1, 0.15) is 51.9 Å². The van der Waals surface area contributed by atoms with E-state index in [0.29, 0.717) is 0 Å². The Labute approximate surface area is 83.7 Å². The average Bonchev–Trinajstić information content (AvgIpc) is 2.16. The zero-order chi connectivity index (χ0) is 9.94. The summed E-state index contributed by atoms with van der Waals surface area (Å²) < 4.78 is 0. The smallest absolute Gasteiger partial charge is 0.0353 e. The van der Waals surface area contributed by atoms with Gasteiger partial charge in [0.1, 0.15) is 0 Å². The average molecular weight is 180 g/mol. The number of unbranched alkanes of at least 4 members (excludes halogenated alkanes) is 2. The van der Waals surface area contributed by atoms with E-state index in [1.54, 1.807) is 0 Å². The zero-order valence-corrected chi connectivity index (χ0v) is 9.10. The largest absolute Gasteiger partial charge is 0.103 e. The minimum atomic E-state index is 0.930. The lowest BCUT2D eigenvalue weighted by molar-refractivity contribution is 0.415. The Morgan fingerprint density at radius 1 is 1.00 bits per heavy atom. The highest BCUT2D eigenvalue weighted by atomic mass is 14.1. The van der Waals surface area contributed by atoms with Crippen LogP contribution in [0.25, 0.3) is 0 Å². The quantitative estimate of drug-likeness (QED) is 0.355. The van der Waals surface area contributed by atoms with Gasteiger partial charge in [-0.25, -0.2) is 0 Å². The molecule has 0 nitrogen and oxygen atoms in total. The molecular formula is C13H24. The Hall–Kier alpha value is -0.520. The summed E-state index contributed by atoms with van der Waals surface area (Å²) in [4.78, 5) is 0. The number of hydrogen-bond donors (Lipinski definition) is 0. The van der Waals surface area contributed by atoms with Gasteiger partial charge in [0.2, 0.25) is 0 Å². The molecule has 0 radical (unpaired) electrons. The van der Waals surface area contributed by atoms with Crippen LogP contribution in [-0.2, 0) is 0 Å². The van der Waals surface area contributed by atoms with Crippen LogP contribution < -0.4 is 0 Å². The van der Waals surface area contributed by atoms with Gasteiger partial charge in [-0.1, -0.05) is 38.3 Å². The lowest BCUT2D eigenvalue weighted by atomic mass is 9.93. The topological polar surface area (TPSA) is 0 Å². The summed E-state index contributed by atoms with van der Waals surface area (Å²) in [5.74, 6) is 0.930. The third-order valence-corrected chi connectivity index (χ3v) is 2.62. The van der Waals surface area contributed by atoms with Gasteiger partial charge >= 0.3 is 0 Å². The number of rotatable bonds is 9. The molecule has 0 fully saturated rings. The molecule has 13 heavy (non-hydrogen) atoms. The van der Waals surface area contributed by atoms with Crippen molar-refractivity contribution < 1.29 is 0 Å². The zero-order valence-electron chi connectivity index (χ0n) is 9.10. The molecule has 0 aromatic carbocycles. The second-order valence-corrected chi connectivity index (χ2v) is 3.71. The maximum atomic E-state index is 3.75. The summed E-state index contributed by atoms with van der Waals surface area (Å²) in [6, 6.07) is 0. The van der Waals surface area contributed by atoms with Crippen molar-refractivity contribution in [1.82, 2.24) is 0 Å². The SMILES string of the molecule is C=CCCCC(CC)CCCC=C. The van der Waals surface area contributed by atoms with Crippen molar-refractivity contribution in [3.63, 3.8) is 0 Å². The molecule has 0 bridgehead atoms. The van der Waals surface area contributed by atoms with Gasteiger partial charge in [-0.15, -0.1) is 13.2 Å². The first-order valence-electron chi connectivity index (χ1n) is 5.56. The second-order valence-electron chi connectivity index (χ2n) is 3.71. The van der Waals surface area contributed by atoms with Gasteiger partial charge in [0.15, 0.2) is 0 Å². The minimum Gasteiger partial charge on any atom is -0.103 e. The summed E-state index contributed by atoms with van der Waals surface area (Å²) in [6.07, 6.45) is 13.1. The van der Waals surface area contributed by atoms with Gasteiger partial charge in [-0.2, -0.15) is 0 Å². The standard InChI is InChI=1S/C13H24/c1-4-7-9-11-13(6-3)12-10-8-5-2/h4-5,13H,1-2,6-12H2,3H3. The molecule has 0 unspecified atom stereocenters. The van der Waals surface area contributed by atoms with Gasteiger partial charge in [-0.3, -0.25) is 0 Å². The van der Waals surface area contributed by atoms with Crippen molar-refractivity contribution in [1.29, 1.82) is 0 Å². The summed E-state index contributed by atoms with van der Waals surface area (Å²) in [5, 5.41) is 0. The van der Waals surface area contributed by atoms with E-state index in [0.717, 1.165) is 5.92 Å². The fourth-order valence-corrected chi connectivity index (χ4v) is 1.65. The summed E-state index contributed by atoms with van der Waals surface area (Å²) in [5.41, 5.74) is 0. The van der Waals surface area contributed by atoms with Crippen LogP contribution in [0.5, 0.6) is 0 Å². The molecule has 0 heterocycles. The molecule has 0 N–H and O–H groups in total. The van der Waals surface area contributed by atoms with E-state index >= 15 is 0 Å². The van der Waals surface area contributed by atoms with E-state index in [-0.39, 0.29) is 0 Å². The van der Waals surface area contributed by atoms with E-state index in [1.165, 1.54) is 44.9 Å².